The third kappa shape index (κ3) is 5.67. The van der Waals surface area contributed by atoms with Gasteiger partial charge >= 0.3 is 0 Å². The second-order valence-electron chi connectivity index (χ2n) is 5.79. The fourth-order valence-corrected chi connectivity index (χ4v) is 2.57. The summed E-state index contributed by atoms with van der Waals surface area (Å²) in [5.74, 6) is -1.95. The van der Waals surface area contributed by atoms with Crippen molar-refractivity contribution in [3.63, 3.8) is 0 Å². The zero-order valence-corrected chi connectivity index (χ0v) is 14.0. The zero-order valence-electron chi connectivity index (χ0n) is 12.4. The van der Waals surface area contributed by atoms with Crippen molar-refractivity contribution in [2.45, 2.75) is 38.5 Å². The first kappa shape index (κ1) is 18.5. The van der Waals surface area contributed by atoms with Crippen molar-refractivity contribution >= 4 is 34.4 Å². The third-order valence-electron chi connectivity index (χ3n) is 2.69. The Bertz CT molecular complexity index is 652. The SMILES string of the molecule is CC(C)(C)CCC(=O)Sc1cc(C(=O)N=[N+]=[N-])c(F)cc1Cl. The maximum absolute atomic E-state index is 13.7. The maximum atomic E-state index is 13.7. The van der Waals surface area contributed by atoms with E-state index in [0.29, 0.717) is 12.8 Å². The molecule has 0 unspecified atom stereocenters. The summed E-state index contributed by atoms with van der Waals surface area (Å²) in [6.07, 6.45) is 1.03. The molecular weight excluding hydrogens is 329 g/mol. The molecule has 0 bridgehead atoms. The fraction of sp³-hybridized carbons (Fsp3) is 0.429. The van der Waals surface area contributed by atoms with Crippen LogP contribution in [0.5, 0.6) is 0 Å². The number of thioether (sulfide) groups is 1. The molecule has 0 radical (unpaired) electrons. The quantitative estimate of drug-likeness (QED) is 0.318. The van der Waals surface area contributed by atoms with Crippen LogP contribution in [-0.4, -0.2) is 11.0 Å². The average Bonchev–Trinajstić information content (AvgIpc) is 2.39. The highest BCUT2D eigenvalue weighted by atomic mass is 35.5. The standard InChI is InChI=1S/C14H15ClFN3O2S/c1-14(2,3)5-4-12(20)22-11-6-8(13(21)18-19-17)10(16)7-9(11)15/h6-7H,4-5H2,1-3H3. The fourth-order valence-electron chi connectivity index (χ4n) is 1.52. The van der Waals surface area contributed by atoms with Crippen LogP contribution < -0.4 is 0 Å². The first-order valence-electron chi connectivity index (χ1n) is 6.43. The Labute approximate surface area is 136 Å². The van der Waals surface area contributed by atoms with Gasteiger partial charge in [-0.2, -0.15) is 0 Å². The first-order valence-corrected chi connectivity index (χ1v) is 7.62. The molecule has 5 nitrogen and oxygen atoms in total. The van der Waals surface area contributed by atoms with Crippen LogP contribution in [0.2, 0.25) is 5.02 Å². The lowest BCUT2D eigenvalue weighted by Crippen LogP contribution is -2.07. The van der Waals surface area contributed by atoms with Crippen LogP contribution in [-0.2, 0) is 4.79 Å². The molecule has 0 heterocycles. The van der Waals surface area contributed by atoms with Crippen LogP contribution in [0, 0.1) is 11.2 Å². The minimum Gasteiger partial charge on any atom is -0.287 e. The summed E-state index contributed by atoms with van der Waals surface area (Å²) in [7, 11) is 0. The van der Waals surface area contributed by atoms with Gasteiger partial charge in [0.15, 0.2) is 5.12 Å². The highest BCUT2D eigenvalue weighted by Gasteiger charge is 2.18. The van der Waals surface area contributed by atoms with Crippen LogP contribution in [0.4, 0.5) is 4.39 Å². The number of azide groups is 1. The van der Waals surface area contributed by atoms with E-state index in [4.69, 9.17) is 17.1 Å². The topological polar surface area (TPSA) is 82.9 Å². The number of hydrogen-bond donors (Lipinski definition) is 0. The highest BCUT2D eigenvalue weighted by molar-refractivity contribution is 8.13. The van der Waals surface area contributed by atoms with Crippen LogP contribution in [0.3, 0.4) is 0 Å². The Morgan fingerprint density at radius 3 is 2.59 bits per heavy atom. The highest BCUT2D eigenvalue weighted by Crippen LogP contribution is 2.33. The van der Waals surface area contributed by atoms with Crippen molar-refractivity contribution in [3.8, 4) is 0 Å². The van der Waals surface area contributed by atoms with Crippen molar-refractivity contribution in [1.29, 1.82) is 0 Å². The first-order chi connectivity index (χ1) is 10.1. The molecule has 0 aromatic heterocycles. The molecule has 1 aromatic rings. The molecule has 1 amide bonds. The van der Waals surface area contributed by atoms with Crippen molar-refractivity contribution < 1.29 is 14.0 Å². The van der Waals surface area contributed by atoms with E-state index in [-0.39, 0.29) is 20.4 Å². The summed E-state index contributed by atoms with van der Waals surface area (Å²) in [4.78, 5) is 26.0. The van der Waals surface area contributed by atoms with E-state index in [2.05, 4.69) is 10.0 Å². The molecule has 0 aliphatic carbocycles. The van der Waals surface area contributed by atoms with Crippen LogP contribution >= 0.6 is 23.4 Å². The number of carbonyl (C=O) groups is 2. The largest absolute Gasteiger partial charge is 0.287 e. The number of halogens is 2. The van der Waals surface area contributed by atoms with Gasteiger partial charge in [-0.3, -0.25) is 9.59 Å². The van der Waals surface area contributed by atoms with E-state index in [0.717, 1.165) is 23.9 Å². The Morgan fingerprint density at radius 1 is 1.41 bits per heavy atom. The third-order valence-corrected chi connectivity index (χ3v) is 4.10. The number of benzene rings is 1. The molecule has 0 N–H and O–H groups in total. The minimum atomic E-state index is -1.05. The van der Waals surface area contributed by atoms with E-state index in [1.54, 1.807) is 0 Å². The van der Waals surface area contributed by atoms with Gasteiger partial charge in [0.2, 0.25) is 0 Å². The van der Waals surface area contributed by atoms with E-state index in [1.165, 1.54) is 0 Å². The van der Waals surface area contributed by atoms with Gasteiger partial charge in [0.1, 0.15) is 5.82 Å². The van der Waals surface area contributed by atoms with Gasteiger partial charge in [-0.1, -0.05) is 44.1 Å². The lowest BCUT2D eigenvalue weighted by molar-refractivity contribution is -0.111. The summed E-state index contributed by atoms with van der Waals surface area (Å²) in [6, 6.07) is 2.06. The van der Waals surface area contributed by atoms with Gasteiger partial charge in [0, 0.05) is 16.2 Å². The van der Waals surface area contributed by atoms with E-state index in [9.17, 15) is 14.0 Å². The number of hydrogen-bond acceptors (Lipinski definition) is 3. The molecule has 0 aliphatic heterocycles. The summed E-state index contributed by atoms with van der Waals surface area (Å²) < 4.78 is 13.7. The Hall–Kier alpha value is -1.56. The van der Waals surface area contributed by atoms with E-state index in [1.807, 2.05) is 20.8 Å². The Morgan fingerprint density at radius 2 is 2.05 bits per heavy atom. The predicted octanol–water partition coefficient (Wildman–Crippen LogP) is 5.37. The number of rotatable bonds is 4. The number of amides is 1. The molecule has 0 spiro atoms. The van der Waals surface area contributed by atoms with Gasteiger partial charge in [-0.25, -0.2) is 4.39 Å². The number of carbonyl (C=O) groups excluding carboxylic acids is 2. The molecule has 0 fully saturated rings. The van der Waals surface area contributed by atoms with Crippen molar-refractivity contribution in [1.82, 2.24) is 0 Å². The van der Waals surface area contributed by atoms with Crippen LogP contribution in [0.1, 0.15) is 44.0 Å². The van der Waals surface area contributed by atoms with Gasteiger partial charge in [0.05, 0.1) is 10.6 Å². The summed E-state index contributed by atoms with van der Waals surface area (Å²) in [5.41, 5.74) is 7.84. The maximum Gasteiger partial charge on any atom is 0.252 e. The van der Waals surface area contributed by atoms with Crippen LogP contribution in [0.25, 0.3) is 10.4 Å². The molecule has 0 aliphatic rings. The molecule has 22 heavy (non-hydrogen) atoms. The Kier molecular flexibility index (Phi) is 6.41. The lowest BCUT2D eigenvalue weighted by Gasteiger charge is -2.16. The summed E-state index contributed by atoms with van der Waals surface area (Å²) in [5, 5.41) is 2.74. The Balaban J connectivity index is 2.95. The molecule has 1 aromatic carbocycles. The molecule has 8 heteroatoms. The predicted molar refractivity (Wildman–Crippen MR) is 84.4 cm³/mol. The summed E-state index contributed by atoms with van der Waals surface area (Å²) >= 11 is 6.73. The summed E-state index contributed by atoms with van der Waals surface area (Å²) in [6.45, 7) is 6.06. The molecular formula is C14H15ClFN3O2S. The smallest absolute Gasteiger partial charge is 0.252 e. The van der Waals surface area contributed by atoms with Crippen molar-refractivity contribution in [3.05, 3.63) is 39.0 Å². The molecule has 0 atom stereocenters. The molecule has 118 valence electrons. The van der Waals surface area contributed by atoms with Gasteiger partial charge in [0.25, 0.3) is 5.91 Å². The van der Waals surface area contributed by atoms with Crippen molar-refractivity contribution in [2.24, 2.45) is 10.5 Å². The van der Waals surface area contributed by atoms with Gasteiger partial charge in [-0.15, -0.1) is 0 Å². The monoisotopic (exact) mass is 343 g/mol. The molecule has 0 saturated heterocycles. The van der Waals surface area contributed by atoms with Gasteiger partial charge < -0.3 is 0 Å². The molecule has 1 rings (SSSR count). The van der Waals surface area contributed by atoms with E-state index < -0.39 is 17.3 Å². The van der Waals surface area contributed by atoms with Crippen LogP contribution in [0.15, 0.2) is 22.1 Å². The van der Waals surface area contributed by atoms with Gasteiger partial charge in [-0.05, 0) is 34.6 Å². The van der Waals surface area contributed by atoms with E-state index >= 15 is 0 Å². The normalized spacial score (nSPS) is 11.0. The van der Waals surface area contributed by atoms with Crippen molar-refractivity contribution in [2.75, 3.05) is 0 Å². The average molecular weight is 344 g/mol. The molecule has 0 saturated carbocycles. The lowest BCUT2D eigenvalue weighted by atomic mass is 9.91. The second-order valence-corrected chi connectivity index (χ2v) is 7.30. The zero-order chi connectivity index (χ0) is 16.9. The minimum absolute atomic E-state index is 0.0193. The number of nitrogens with zero attached hydrogens (tertiary/aromatic N) is 3. The second kappa shape index (κ2) is 7.63.